The average molecular weight is 349 g/mol. The van der Waals surface area contributed by atoms with E-state index >= 15 is 0 Å². The summed E-state index contributed by atoms with van der Waals surface area (Å²) < 4.78 is 5.39. The molecule has 23 heavy (non-hydrogen) atoms. The van der Waals surface area contributed by atoms with Crippen molar-refractivity contribution in [1.82, 2.24) is 5.43 Å². The Balaban J connectivity index is 1.79. The number of carbonyl (C=O) groups excluding carboxylic acids is 1. The van der Waals surface area contributed by atoms with Gasteiger partial charge in [-0.2, -0.15) is 5.10 Å². The fourth-order valence-electron chi connectivity index (χ4n) is 1.76. The van der Waals surface area contributed by atoms with Gasteiger partial charge in [-0.3, -0.25) is 4.79 Å². The molecule has 4 nitrogen and oxygen atoms in total. The normalized spacial score (nSPS) is 10.7. The van der Waals surface area contributed by atoms with E-state index in [-0.39, 0.29) is 12.5 Å². The molecule has 0 atom stereocenters. The third-order valence-corrected chi connectivity index (χ3v) is 4.19. The lowest BCUT2D eigenvalue weighted by Gasteiger charge is -2.06. The smallest absolute Gasteiger partial charge is 0.277 e. The van der Waals surface area contributed by atoms with Crippen molar-refractivity contribution in [2.75, 3.05) is 12.9 Å². The lowest BCUT2D eigenvalue weighted by atomic mass is 10.2. The zero-order valence-corrected chi connectivity index (χ0v) is 14.4. The summed E-state index contributed by atoms with van der Waals surface area (Å²) in [7, 11) is 0. The number of nitrogens with zero attached hydrogens (tertiary/aromatic N) is 1. The predicted octanol–water partition coefficient (Wildman–Crippen LogP) is 3.90. The van der Waals surface area contributed by atoms with Crippen LogP contribution in [0.2, 0.25) is 5.02 Å². The molecule has 0 unspecified atom stereocenters. The van der Waals surface area contributed by atoms with E-state index in [0.29, 0.717) is 10.8 Å². The number of ether oxygens (including phenoxy) is 1. The van der Waals surface area contributed by atoms with Crippen molar-refractivity contribution in [3.05, 3.63) is 58.6 Å². The molecule has 2 aromatic rings. The van der Waals surface area contributed by atoms with Gasteiger partial charge in [0.2, 0.25) is 0 Å². The molecule has 0 radical (unpaired) electrons. The summed E-state index contributed by atoms with van der Waals surface area (Å²) in [5, 5.41) is 4.57. The highest BCUT2D eigenvalue weighted by molar-refractivity contribution is 7.98. The molecule has 6 heteroatoms. The topological polar surface area (TPSA) is 50.7 Å². The SMILES string of the molecule is CSc1ccc(/C=N\NC(=O)COc2ccc(Cl)c(C)c2)cc1. The van der Waals surface area contributed by atoms with Gasteiger partial charge in [0.1, 0.15) is 5.75 Å². The molecule has 0 bridgehead atoms. The van der Waals surface area contributed by atoms with Gasteiger partial charge in [0.25, 0.3) is 5.91 Å². The first-order valence-electron chi connectivity index (χ1n) is 6.93. The van der Waals surface area contributed by atoms with Crippen LogP contribution in [0.4, 0.5) is 0 Å². The van der Waals surface area contributed by atoms with Crippen LogP contribution in [0, 0.1) is 6.92 Å². The Kier molecular flexibility index (Phi) is 6.50. The van der Waals surface area contributed by atoms with Crippen molar-refractivity contribution in [2.24, 2.45) is 5.10 Å². The van der Waals surface area contributed by atoms with Crippen molar-refractivity contribution in [3.63, 3.8) is 0 Å². The van der Waals surface area contributed by atoms with Crippen molar-refractivity contribution in [3.8, 4) is 5.75 Å². The van der Waals surface area contributed by atoms with E-state index in [1.54, 1.807) is 36.2 Å². The number of hydrogen-bond acceptors (Lipinski definition) is 4. The van der Waals surface area contributed by atoms with E-state index < -0.39 is 0 Å². The highest BCUT2D eigenvalue weighted by Crippen LogP contribution is 2.20. The van der Waals surface area contributed by atoms with Gasteiger partial charge in [0.05, 0.1) is 6.21 Å². The fraction of sp³-hybridized carbons (Fsp3) is 0.176. The minimum Gasteiger partial charge on any atom is -0.484 e. The first-order chi connectivity index (χ1) is 11.1. The van der Waals surface area contributed by atoms with Gasteiger partial charge in [-0.05, 0) is 54.6 Å². The maximum Gasteiger partial charge on any atom is 0.277 e. The van der Waals surface area contributed by atoms with E-state index in [4.69, 9.17) is 16.3 Å². The standard InChI is InChI=1S/C17H17ClN2O2S/c1-12-9-14(5-8-16(12)18)22-11-17(21)20-19-10-13-3-6-15(23-2)7-4-13/h3-10H,11H2,1-2H3,(H,20,21)/b19-10-. The largest absolute Gasteiger partial charge is 0.484 e. The second-order valence-corrected chi connectivity index (χ2v) is 6.05. The van der Waals surface area contributed by atoms with Crippen LogP contribution in [0.5, 0.6) is 5.75 Å². The minimum absolute atomic E-state index is 0.107. The van der Waals surface area contributed by atoms with E-state index in [1.807, 2.05) is 37.4 Å². The maximum absolute atomic E-state index is 11.7. The molecule has 0 heterocycles. The highest BCUT2D eigenvalue weighted by atomic mass is 35.5. The molecule has 1 N–H and O–H groups in total. The van der Waals surface area contributed by atoms with E-state index in [2.05, 4.69) is 10.5 Å². The van der Waals surface area contributed by atoms with Crippen LogP contribution in [-0.4, -0.2) is 25.0 Å². The third-order valence-electron chi connectivity index (χ3n) is 3.02. The molecule has 0 spiro atoms. The van der Waals surface area contributed by atoms with Crippen LogP contribution in [0.3, 0.4) is 0 Å². The molecule has 120 valence electrons. The summed E-state index contributed by atoms with van der Waals surface area (Å²) in [6.45, 7) is 1.77. The van der Waals surface area contributed by atoms with E-state index in [9.17, 15) is 4.79 Å². The highest BCUT2D eigenvalue weighted by Gasteiger charge is 2.03. The number of benzene rings is 2. The van der Waals surface area contributed by atoms with Crippen LogP contribution in [0.15, 0.2) is 52.5 Å². The molecule has 0 saturated carbocycles. The van der Waals surface area contributed by atoms with Gasteiger partial charge in [-0.15, -0.1) is 11.8 Å². The van der Waals surface area contributed by atoms with E-state index in [1.165, 1.54) is 4.90 Å². The third kappa shape index (κ3) is 5.62. The first kappa shape index (κ1) is 17.4. The van der Waals surface area contributed by atoms with E-state index in [0.717, 1.165) is 11.1 Å². The Hall–Kier alpha value is -1.98. The Morgan fingerprint density at radius 3 is 2.70 bits per heavy atom. The summed E-state index contributed by atoms with van der Waals surface area (Å²) in [6.07, 6.45) is 3.61. The molecule has 0 aliphatic carbocycles. The Morgan fingerprint density at radius 1 is 1.30 bits per heavy atom. The molecule has 0 aliphatic heterocycles. The predicted molar refractivity (Wildman–Crippen MR) is 95.6 cm³/mol. The monoisotopic (exact) mass is 348 g/mol. The van der Waals surface area contributed by atoms with Gasteiger partial charge in [0.15, 0.2) is 6.61 Å². The van der Waals surface area contributed by atoms with Gasteiger partial charge in [0, 0.05) is 9.92 Å². The molecule has 0 aromatic heterocycles. The molecule has 0 saturated heterocycles. The first-order valence-corrected chi connectivity index (χ1v) is 8.53. The van der Waals surface area contributed by atoms with Crippen molar-refractivity contribution in [2.45, 2.75) is 11.8 Å². The summed E-state index contributed by atoms with van der Waals surface area (Å²) >= 11 is 7.61. The quantitative estimate of drug-likeness (QED) is 0.489. The number of halogens is 1. The summed E-state index contributed by atoms with van der Waals surface area (Å²) in [6, 6.07) is 13.1. The fourth-order valence-corrected chi connectivity index (χ4v) is 2.28. The Bertz CT molecular complexity index is 702. The summed E-state index contributed by atoms with van der Waals surface area (Å²) in [4.78, 5) is 12.9. The number of hydrazone groups is 1. The lowest BCUT2D eigenvalue weighted by molar-refractivity contribution is -0.123. The van der Waals surface area contributed by atoms with Crippen LogP contribution >= 0.6 is 23.4 Å². The number of hydrogen-bond donors (Lipinski definition) is 1. The Morgan fingerprint density at radius 2 is 2.04 bits per heavy atom. The van der Waals surface area contributed by atoms with Crippen LogP contribution < -0.4 is 10.2 Å². The maximum atomic E-state index is 11.7. The van der Waals surface area contributed by atoms with Crippen molar-refractivity contribution >= 4 is 35.5 Å². The second-order valence-electron chi connectivity index (χ2n) is 4.77. The molecular formula is C17H17ClN2O2S. The molecule has 2 aromatic carbocycles. The minimum atomic E-state index is -0.324. The molecule has 2 rings (SSSR count). The van der Waals surface area contributed by atoms with Gasteiger partial charge >= 0.3 is 0 Å². The second kappa shape index (κ2) is 8.60. The Labute approximate surface area is 144 Å². The number of rotatable bonds is 6. The van der Waals surface area contributed by atoms with Gasteiger partial charge in [-0.25, -0.2) is 5.43 Å². The molecule has 0 aliphatic rings. The van der Waals surface area contributed by atoms with Crippen LogP contribution in [-0.2, 0) is 4.79 Å². The summed E-state index contributed by atoms with van der Waals surface area (Å²) in [5.41, 5.74) is 4.24. The number of aryl methyl sites for hydroxylation is 1. The molecule has 0 fully saturated rings. The number of carbonyl (C=O) groups is 1. The van der Waals surface area contributed by atoms with Crippen LogP contribution in [0.1, 0.15) is 11.1 Å². The van der Waals surface area contributed by atoms with Crippen LogP contribution in [0.25, 0.3) is 0 Å². The number of nitrogens with one attached hydrogen (secondary N) is 1. The average Bonchev–Trinajstić information content (AvgIpc) is 2.56. The zero-order valence-electron chi connectivity index (χ0n) is 12.9. The zero-order chi connectivity index (χ0) is 16.7. The summed E-state index contributed by atoms with van der Waals surface area (Å²) in [5.74, 6) is 0.272. The molecule has 1 amide bonds. The number of thioether (sulfide) groups is 1. The molecular weight excluding hydrogens is 332 g/mol. The van der Waals surface area contributed by atoms with Crippen molar-refractivity contribution < 1.29 is 9.53 Å². The van der Waals surface area contributed by atoms with Gasteiger partial charge in [-0.1, -0.05) is 23.7 Å². The lowest BCUT2D eigenvalue weighted by Crippen LogP contribution is -2.24. The van der Waals surface area contributed by atoms with Crippen molar-refractivity contribution in [1.29, 1.82) is 0 Å². The van der Waals surface area contributed by atoms with Gasteiger partial charge < -0.3 is 4.74 Å². The number of amides is 1.